The van der Waals surface area contributed by atoms with Crippen LogP contribution in [-0.2, 0) is 11.3 Å². The Morgan fingerprint density at radius 2 is 2.29 bits per heavy atom. The number of nitrogens with zero attached hydrogens (tertiary/aromatic N) is 3. The maximum atomic E-state index is 11.9. The van der Waals surface area contributed by atoms with Gasteiger partial charge in [0.15, 0.2) is 0 Å². The highest BCUT2D eigenvalue weighted by Gasteiger charge is 2.27. The third kappa shape index (κ3) is 3.26. The first-order chi connectivity index (χ1) is 8.27. The van der Waals surface area contributed by atoms with Crippen LogP contribution in [0.15, 0.2) is 12.4 Å². The highest BCUT2D eigenvalue weighted by molar-refractivity contribution is 5.79. The fourth-order valence-electron chi connectivity index (χ4n) is 2.26. The number of nitrogens with two attached hydrogens (primary N) is 1. The third-order valence-corrected chi connectivity index (χ3v) is 3.27. The smallest absolute Gasteiger partial charge is 0.224 e. The van der Waals surface area contributed by atoms with Gasteiger partial charge in [0.05, 0.1) is 18.7 Å². The van der Waals surface area contributed by atoms with E-state index < -0.39 is 0 Å². The second-order valence-corrected chi connectivity index (χ2v) is 4.51. The molecular weight excluding hydrogens is 218 g/mol. The minimum absolute atomic E-state index is 0.0144. The Hall–Kier alpha value is -1.43. The van der Waals surface area contributed by atoms with E-state index in [4.69, 9.17) is 5.73 Å². The highest BCUT2D eigenvalue weighted by Crippen LogP contribution is 2.22. The van der Waals surface area contributed by atoms with Crippen LogP contribution in [0, 0.1) is 5.92 Å². The summed E-state index contributed by atoms with van der Waals surface area (Å²) in [5.74, 6) is 0.0665. The van der Waals surface area contributed by atoms with Gasteiger partial charge in [0.2, 0.25) is 5.91 Å². The van der Waals surface area contributed by atoms with Crippen molar-refractivity contribution in [2.75, 3.05) is 6.54 Å². The summed E-state index contributed by atoms with van der Waals surface area (Å²) in [5, 5.41) is 10.4. The summed E-state index contributed by atoms with van der Waals surface area (Å²) in [7, 11) is 0. The molecule has 1 heterocycles. The number of carbonyl (C=O) groups is 1. The number of amides is 1. The Kier molecular flexibility index (Phi) is 4.08. The van der Waals surface area contributed by atoms with Gasteiger partial charge in [-0.15, -0.1) is 5.10 Å². The van der Waals surface area contributed by atoms with E-state index in [0.29, 0.717) is 13.1 Å². The van der Waals surface area contributed by atoms with Crippen LogP contribution in [0.1, 0.15) is 25.7 Å². The zero-order valence-electron chi connectivity index (χ0n) is 9.88. The average molecular weight is 237 g/mol. The Labute approximate surface area is 101 Å². The van der Waals surface area contributed by atoms with E-state index in [0.717, 1.165) is 25.7 Å². The molecule has 1 aliphatic carbocycles. The van der Waals surface area contributed by atoms with Crippen LogP contribution in [0.4, 0.5) is 0 Å². The van der Waals surface area contributed by atoms with E-state index >= 15 is 0 Å². The molecule has 0 spiro atoms. The van der Waals surface area contributed by atoms with E-state index in [1.54, 1.807) is 17.1 Å². The van der Waals surface area contributed by atoms with Crippen molar-refractivity contribution in [3.8, 4) is 0 Å². The first-order valence-corrected chi connectivity index (χ1v) is 6.15. The molecule has 1 amide bonds. The first-order valence-electron chi connectivity index (χ1n) is 6.15. The van der Waals surface area contributed by atoms with Crippen LogP contribution in [0.3, 0.4) is 0 Å². The molecule has 3 N–H and O–H groups in total. The number of hydrogen-bond donors (Lipinski definition) is 2. The summed E-state index contributed by atoms with van der Waals surface area (Å²) >= 11 is 0. The van der Waals surface area contributed by atoms with Gasteiger partial charge in [-0.05, 0) is 12.8 Å². The number of rotatable bonds is 4. The van der Waals surface area contributed by atoms with Crippen LogP contribution >= 0.6 is 0 Å². The predicted molar refractivity (Wildman–Crippen MR) is 63.0 cm³/mol. The van der Waals surface area contributed by atoms with E-state index in [2.05, 4.69) is 15.6 Å². The standard InChI is InChI=1S/C11H19N5O/c12-10-4-2-1-3-9(10)11(17)13-5-7-16-8-6-14-15-16/h6,8-10H,1-5,7,12H2,(H,13,17). The van der Waals surface area contributed by atoms with Crippen LogP contribution in [0.2, 0.25) is 0 Å². The topological polar surface area (TPSA) is 85.8 Å². The van der Waals surface area contributed by atoms with Crippen molar-refractivity contribution in [1.82, 2.24) is 20.3 Å². The normalized spacial score (nSPS) is 24.5. The molecule has 0 saturated heterocycles. The third-order valence-electron chi connectivity index (χ3n) is 3.27. The molecule has 6 nitrogen and oxygen atoms in total. The van der Waals surface area contributed by atoms with E-state index in [1.807, 2.05) is 0 Å². The van der Waals surface area contributed by atoms with Crippen molar-refractivity contribution >= 4 is 5.91 Å². The summed E-state index contributed by atoms with van der Waals surface area (Å²) in [5.41, 5.74) is 5.96. The van der Waals surface area contributed by atoms with Gasteiger partial charge in [0, 0.05) is 18.8 Å². The molecule has 2 unspecified atom stereocenters. The van der Waals surface area contributed by atoms with Gasteiger partial charge >= 0.3 is 0 Å². The van der Waals surface area contributed by atoms with Crippen LogP contribution < -0.4 is 11.1 Å². The lowest BCUT2D eigenvalue weighted by atomic mass is 9.84. The lowest BCUT2D eigenvalue weighted by Crippen LogP contribution is -2.44. The molecule has 0 aliphatic heterocycles. The summed E-state index contributed by atoms with van der Waals surface area (Å²) < 4.78 is 1.70. The molecule has 0 aromatic carbocycles. The Morgan fingerprint density at radius 1 is 1.47 bits per heavy atom. The van der Waals surface area contributed by atoms with Gasteiger partial charge < -0.3 is 11.1 Å². The largest absolute Gasteiger partial charge is 0.354 e. The van der Waals surface area contributed by atoms with Crippen molar-refractivity contribution < 1.29 is 4.79 Å². The fourth-order valence-corrected chi connectivity index (χ4v) is 2.26. The maximum absolute atomic E-state index is 11.9. The minimum atomic E-state index is -0.0144. The summed E-state index contributed by atoms with van der Waals surface area (Å²) in [6.07, 6.45) is 7.52. The quantitative estimate of drug-likeness (QED) is 0.766. The van der Waals surface area contributed by atoms with E-state index in [-0.39, 0.29) is 17.9 Å². The van der Waals surface area contributed by atoms with Crippen LogP contribution in [0.25, 0.3) is 0 Å². The maximum Gasteiger partial charge on any atom is 0.224 e. The van der Waals surface area contributed by atoms with Crippen molar-refractivity contribution in [2.45, 2.75) is 38.3 Å². The highest BCUT2D eigenvalue weighted by atomic mass is 16.1. The summed E-state index contributed by atoms with van der Waals surface area (Å²) in [6.45, 7) is 1.22. The first kappa shape index (κ1) is 12.0. The van der Waals surface area contributed by atoms with Crippen LogP contribution in [0.5, 0.6) is 0 Å². The molecule has 17 heavy (non-hydrogen) atoms. The molecule has 1 saturated carbocycles. The molecule has 94 valence electrons. The molecule has 6 heteroatoms. The molecular formula is C11H19N5O. The van der Waals surface area contributed by atoms with E-state index in [9.17, 15) is 4.79 Å². The molecule has 1 fully saturated rings. The number of hydrogen-bond acceptors (Lipinski definition) is 4. The van der Waals surface area contributed by atoms with Crippen molar-refractivity contribution in [2.24, 2.45) is 11.7 Å². The predicted octanol–water partition coefficient (Wildman–Crippen LogP) is -0.0882. The summed E-state index contributed by atoms with van der Waals surface area (Å²) in [4.78, 5) is 11.9. The Morgan fingerprint density at radius 3 is 3.00 bits per heavy atom. The second kappa shape index (κ2) is 5.77. The number of aromatic nitrogens is 3. The van der Waals surface area contributed by atoms with Gasteiger partial charge in [-0.3, -0.25) is 9.48 Å². The van der Waals surface area contributed by atoms with Crippen molar-refractivity contribution in [3.05, 3.63) is 12.4 Å². The zero-order valence-corrected chi connectivity index (χ0v) is 9.88. The SMILES string of the molecule is NC1CCCCC1C(=O)NCCn1ccnn1. The molecule has 1 aromatic heterocycles. The monoisotopic (exact) mass is 237 g/mol. The molecule has 2 atom stereocenters. The molecule has 1 aromatic rings. The minimum Gasteiger partial charge on any atom is -0.354 e. The summed E-state index contributed by atoms with van der Waals surface area (Å²) in [6, 6.07) is 0.0233. The van der Waals surface area contributed by atoms with Crippen molar-refractivity contribution in [3.63, 3.8) is 0 Å². The molecule has 2 rings (SSSR count). The van der Waals surface area contributed by atoms with Gasteiger partial charge in [-0.25, -0.2) is 0 Å². The Bertz CT molecular complexity index is 351. The Balaban J connectivity index is 1.73. The van der Waals surface area contributed by atoms with Crippen LogP contribution in [-0.4, -0.2) is 33.5 Å². The molecule has 1 aliphatic rings. The average Bonchev–Trinajstić information content (AvgIpc) is 2.82. The molecule has 0 radical (unpaired) electrons. The fraction of sp³-hybridized carbons (Fsp3) is 0.727. The molecule has 0 bridgehead atoms. The second-order valence-electron chi connectivity index (χ2n) is 4.51. The number of carbonyl (C=O) groups excluding carboxylic acids is 1. The lowest BCUT2D eigenvalue weighted by molar-refractivity contribution is -0.126. The van der Waals surface area contributed by atoms with E-state index in [1.165, 1.54) is 0 Å². The van der Waals surface area contributed by atoms with Gasteiger partial charge in [0.1, 0.15) is 0 Å². The van der Waals surface area contributed by atoms with Gasteiger partial charge in [-0.2, -0.15) is 0 Å². The van der Waals surface area contributed by atoms with Crippen molar-refractivity contribution in [1.29, 1.82) is 0 Å². The lowest BCUT2D eigenvalue weighted by Gasteiger charge is -2.27. The van der Waals surface area contributed by atoms with Gasteiger partial charge in [0.25, 0.3) is 0 Å². The number of nitrogens with one attached hydrogen (secondary N) is 1. The van der Waals surface area contributed by atoms with Gasteiger partial charge in [-0.1, -0.05) is 18.1 Å². The zero-order chi connectivity index (χ0) is 12.1.